The van der Waals surface area contributed by atoms with Crippen molar-refractivity contribution in [2.75, 3.05) is 32.6 Å². The Balaban J connectivity index is 1.23. The maximum absolute atomic E-state index is 15.1. The summed E-state index contributed by atoms with van der Waals surface area (Å²) in [5.74, 6) is -1.55. The summed E-state index contributed by atoms with van der Waals surface area (Å²) in [6.07, 6.45) is 8.66. The summed E-state index contributed by atoms with van der Waals surface area (Å²) in [6.45, 7) is 5.21. The smallest absolute Gasteiger partial charge is 0.339 e. The number of aromatic nitrogens is 2. The van der Waals surface area contributed by atoms with Gasteiger partial charge in [0.1, 0.15) is 18.1 Å². The second-order valence-electron chi connectivity index (χ2n) is 17.5. The third-order valence-electron chi connectivity index (χ3n) is 14.7. The van der Waals surface area contributed by atoms with E-state index in [0.29, 0.717) is 61.3 Å². The molecule has 60 heavy (non-hydrogen) atoms. The Hall–Kier alpha value is -5.27. The lowest BCUT2D eigenvalue weighted by atomic mass is 9.70. The van der Waals surface area contributed by atoms with Crippen LogP contribution in [-0.4, -0.2) is 75.0 Å². The van der Waals surface area contributed by atoms with E-state index in [2.05, 4.69) is 64.7 Å². The lowest BCUT2D eigenvalue weighted by Crippen LogP contribution is -2.49. The highest BCUT2D eigenvalue weighted by molar-refractivity contribution is 6.19. The first-order valence-corrected chi connectivity index (χ1v) is 21.4. The van der Waals surface area contributed by atoms with Gasteiger partial charge in [0.05, 0.1) is 47.8 Å². The van der Waals surface area contributed by atoms with Gasteiger partial charge in [-0.1, -0.05) is 62.4 Å². The number of hydrogen-bond donors (Lipinski definition) is 3. The molecule has 0 spiro atoms. The van der Waals surface area contributed by atoms with E-state index in [1.165, 1.54) is 30.4 Å². The SMILES string of the molecule is CC[C@]12C=C(C(=O)OC)c3c(CC4Nc5ccc(F)cc5CC4c4c5n(c6ccccc46)[C@H]4N(O)CCC[C@@]4(CC)C=C5C(=O)OC)c4ccccc4n3[C@H]1N(O)CCC2. The zero-order valence-electron chi connectivity index (χ0n) is 34.6. The number of hydroxylamine groups is 4. The summed E-state index contributed by atoms with van der Waals surface area (Å²) in [4.78, 5) is 28.2. The fourth-order valence-electron chi connectivity index (χ4n) is 12.0. The molecule has 0 amide bonds. The fourth-order valence-corrected chi connectivity index (χ4v) is 12.0. The molecule has 12 heteroatoms. The monoisotopic (exact) mass is 813 g/mol. The minimum Gasteiger partial charge on any atom is -0.465 e. The maximum Gasteiger partial charge on any atom is 0.339 e. The molecule has 2 aromatic heterocycles. The predicted molar refractivity (Wildman–Crippen MR) is 227 cm³/mol. The summed E-state index contributed by atoms with van der Waals surface area (Å²) in [6, 6.07) is 20.8. The number of halogens is 1. The summed E-state index contributed by atoms with van der Waals surface area (Å²) < 4.78 is 30.5. The maximum atomic E-state index is 15.1. The number of methoxy groups -OCH3 is 2. The van der Waals surface area contributed by atoms with Crippen molar-refractivity contribution in [2.24, 2.45) is 10.8 Å². The van der Waals surface area contributed by atoms with Gasteiger partial charge in [0.2, 0.25) is 0 Å². The van der Waals surface area contributed by atoms with E-state index in [1.54, 1.807) is 12.1 Å². The summed E-state index contributed by atoms with van der Waals surface area (Å²) in [5, 5.41) is 32.1. The van der Waals surface area contributed by atoms with Crippen LogP contribution < -0.4 is 5.32 Å². The van der Waals surface area contributed by atoms with Gasteiger partial charge < -0.3 is 34.3 Å². The predicted octanol–water partition coefficient (Wildman–Crippen LogP) is 9.00. The van der Waals surface area contributed by atoms with Gasteiger partial charge in [0, 0.05) is 52.3 Å². The van der Waals surface area contributed by atoms with Crippen LogP contribution in [0.3, 0.4) is 0 Å². The molecule has 11 nitrogen and oxygen atoms in total. The number of piperidine rings is 2. The molecular weight excluding hydrogens is 762 g/mol. The molecule has 2 saturated heterocycles. The number of para-hydroxylation sites is 2. The summed E-state index contributed by atoms with van der Waals surface area (Å²) >= 11 is 0. The molecular formula is C48H52FN5O6. The van der Waals surface area contributed by atoms with E-state index in [4.69, 9.17) is 9.47 Å². The number of carbonyl (C=O) groups excluding carboxylic acids is 2. The molecule has 3 N–H and O–H groups in total. The van der Waals surface area contributed by atoms with E-state index in [-0.39, 0.29) is 17.8 Å². The average Bonchev–Trinajstić information content (AvgIpc) is 3.78. The molecule has 2 unspecified atom stereocenters. The van der Waals surface area contributed by atoms with Crippen LogP contribution in [0.15, 0.2) is 78.9 Å². The van der Waals surface area contributed by atoms with Gasteiger partial charge in [-0.15, -0.1) is 0 Å². The number of hydrogen-bond acceptors (Lipinski definition) is 9. The van der Waals surface area contributed by atoms with Crippen molar-refractivity contribution in [2.45, 2.75) is 89.5 Å². The number of ether oxygens (including phenoxy) is 2. The molecule has 0 aliphatic carbocycles. The Morgan fingerprint density at radius 1 is 0.783 bits per heavy atom. The van der Waals surface area contributed by atoms with Gasteiger partial charge in [-0.2, -0.15) is 10.1 Å². The molecule has 0 bridgehead atoms. The molecule has 5 aliphatic rings. The number of fused-ring (bicyclic) bond motifs is 11. The molecule has 7 heterocycles. The fraction of sp³-hybridized carbons (Fsp3) is 0.417. The molecule has 312 valence electrons. The number of anilines is 1. The lowest BCUT2D eigenvalue weighted by molar-refractivity contribution is -0.203. The summed E-state index contributed by atoms with van der Waals surface area (Å²) in [7, 11) is 2.82. The number of benzene rings is 3. The molecule has 6 atom stereocenters. The van der Waals surface area contributed by atoms with Crippen LogP contribution in [0.1, 0.15) is 98.7 Å². The Morgan fingerprint density at radius 3 is 1.93 bits per heavy atom. The van der Waals surface area contributed by atoms with Crippen molar-refractivity contribution in [3.63, 3.8) is 0 Å². The highest BCUT2D eigenvalue weighted by Crippen LogP contribution is 2.57. The van der Waals surface area contributed by atoms with E-state index in [0.717, 1.165) is 69.9 Å². The zero-order valence-corrected chi connectivity index (χ0v) is 34.6. The molecule has 10 rings (SSSR count). The minimum atomic E-state index is -0.531. The minimum absolute atomic E-state index is 0.333. The Morgan fingerprint density at radius 2 is 1.33 bits per heavy atom. The second kappa shape index (κ2) is 14.4. The highest BCUT2D eigenvalue weighted by Gasteiger charge is 2.52. The van der Waals surface area contributed by atoms with Gasteiger partial charge in [0.25, 0.3) is 0 Å². The first-order valence-electron chi connectivity index (χ1n) is 21.4. The molecule has 3 aromatic carbocycles. The first kappa shape index (κ1) is 38.9. The molecule has 2 fully saturated rings. The van der Waals surface area contributed by atoms with Crippen LogP contribution in [0.2, 0.25) is 0 Å². The number of rotatable bonds is 7. The van der Waals surface area contributed by atoms with Crippen molar-refractivity contribution >= 4 is 50.6 Å². The standard InChI is InChI=1S/C48H52FN5O6/c1-5-47-19-11-21-51(57)45(47)53-38-15-9-7-13-30(38)32(41(53)34(26-47)43(55)59-3)25-37-33(24-28-23-29(49)17-18-36(28)50-37)40-31-14-8-10-16-39(31)54-42(40)35(44(56)60-4)27-48(6-2)20-12-22-52(58)46(48)54/h7-10,13-18,23,26-27,33,37,45-46,50,57-58H,5-6,11-12,19-22,24-25H2,1-4H3/t33?,37?,45-,46-,47+,48+/m1/s1. The van der Waals surface area contributed by atoms with Gasteiger partial charge in [-0.05, 0) is 98.4 Å². The number of esters is 2. The van der Waals surface area contributed by atoms with E-state index >= 15 is 4.39 Å². The zero-order chi connectivity index (χ0) is 41.7. The van der Waals surface area contributed by atoms with Gasteiger partial charge in [0.15, 0.2) is 0 Å². The van der Waals surface area contributed by atoms with Crippen LogP contribution in [0, 0.1) is 16.6 Å². The largest absolute Gasteiger partial charge is 0.465 e. The van der Waals surface area contributed by atoms with Crippen LogP contribution in [0.4, 0.5) is 10.1 Å². The quantitative estimate of drug-likeness (QED) is 0.138. The lowest BCUT2D eigenvalue weighted by Gasteiger charge is -2.50. The van der Waals surface area contributed by atoms with Crippen LogP contribution >= 0.6 is 0 Å². The topological polar surface area (TPSA) is 121 Å². The van der Waals surface area contributed by atoms with E-state index < -0.39 is 35.1 Å². The van der Waals surface area contributed by atoms with Crippen molar-refractivity contribution in [3.05, 3.63) is 113 Å². The second-order valence-corrected chi connectivity index (χ2v) is 17.5. The van der Waals surface area contributed by atoms with E-state index in [9.17, 15) is 20.0 Å². The third-order valence-corrected chi connectivity index (χ3v) is 14.7. The van der Waals surface area contributed by atoms with Crippen molar-refractivity contribution in [1.29, 1.82) is 0 Å². The molecule has 0 radical (unpaired) electrons. The third kappa shape index (κ3) is 5.53. The van der Waals surface area contributed by atoms with Crippen LogP contribution in [0.25, 0.3) is 33.0 Å². The van der Waals surface area contributed by atoms with E-state index in [1.807, 2.05) is 24.3 Å². The Kier molecular flexibility index (Phi) is 9.36. The molecule has 0 saturated carbocycles. The summed E-state index contributed by atoms with van der Waals surface area (Å²) in [5.41, 5.74) is 6.59. The van der Waals surface area contributed by atoms with Crippen molar-refractivity contribution in [1.82, 2.24) is 19.3 Å². The number of carbonyl (C=O) groups is 2. The molecule has 5 aliphatic heterocycles. The van der Waals surface area contributed by atoms with Crippen LogP contribution in [-0.2, 0) is 31.9 Å². The van der Waals surface area contributed by atoms with Crippen LogP contribution in [0.5, 0.6) is 0 Å². The molecule has 5 aromatic rings. The van der Waals surface area contributed by atoms with Gasteiger partial charge in [-0.25, -0.2) is 14.0 Å². The highest BCUT2D eigenvalue weighted by atomic mass is 19.1. The number of nitrogens with zero attached hydrogens (tertiary/aromatic N) is 4. The first-order chi connectivity index (χ1) is 29.1. The van der Waals surface area contributed by atoms with Gasteiger partial charge >= 0.3 is 11.9 Å². The Labute approximate surface area is 348 Å². The number of nitrogens with one attached hydrogen (secondary N) is 1. The van der Waals surface area contributed by atoms with Crippen molar-refractivity contribution in [3.8, 4) is 0 Å². The van der Waals surface area contributed by atoms with Crippen molar-refractivity contribution < 1.29 is 33.9 Å². The van der Waals surface area contributed by atoms with Gasteiger partial charge in [-0.3, -0.25) is 0 Å². The normalized spacial score (nSPS) is 27.4. The Bertz CT molecular complexity index is 2650. The average molecular weight is 814 g/mol.